The zero-order chi connectivity index (χ0) is 24.0. The van der Waals surface area contributed by atoms with Gasteiger partial charge in [-0.1, -0.05) is 15.9 Å². The van der Waals surface area contributed by atoms with Crippen LogP contribution < -0.4 is 10.1 Å². The first-order chi connectivity index (χ1) is 15.8. The summed E-state index contributed by atoms with van der Waals surface area (Å²) in [5, 5.41) is 22.9. The van der Waals surface area contributed by atoms with Crippen molar-refractivity contribution in [1.29, 1.82) is 5.26 Å². The molecule has 166 valence electrons. The number of amides is 1. The van der Waals surface area contributed by atoms with E-state index in [1.54, 1.807) is 48.5 Å². The van der Waals surface area contributed by atoms with Gasteiger partial charge < -0.3 is 10.1 Å². The predicted octanol–water partition coefficient (Wildman–Crippen LogP) is 7.01. The van der Waals surface area contributed by atoms with Gasteiger partial charge in [-0.2, -0.15) is 5.26 Å². The highest BCUT2D eigenvalue weighted by atomic mass is 79.9. The molecule has 0 fully saturated rings. The van der Waals surface area contributed by atoms with Gasteiger partial charge in [-0.15, -0.1) is 0 Å². The molecule has 0 aliphatic rings. The molecule has 10 heteroatoms. The molecule has 0 radical (unpaired) electrons. The van der Waals surface area contributed by atoms with E-state index in [1.165, 1.54) is 18.2 Å². The number of benzene rings is 3. The lowest BCUT2D eigenvalue weighted by Gasteiger charge is -2.12. The lowest BCUT2D eigenvalue weighted by molar-refractivity contribution is -0.384. The summed E-state index contributed by atoms with van der Waals surface area (Å²) in [7, 11) is 0. The van der Waals surface area contributed by atoms with E-state index in [4.69, 9.17) is 4.74 Å². The molecule has 0 saturated heterocycles. The Balaban J connectivity index is 1.74. The third-order valence-corrected chi connectivity index (χ3v) is 6.04. The molecule has 0 bridgehead atoms. The number of nitro benzene ring substituents is 1. The van der Waals surface area contributed by atoms with Crippen molar-refractivity contribution < 1.29 is 14.5 Å². The van der Waals surface area contributed by atoms with Crippen LogP contribution in [0.4, 0.5) is 11.4 Å². The Hall–Kier alpha value is -3.00. The number of nitro groups is 1. The standard InChI is InChI=1S/C23H14Br3N3O4/c24-17-3-5-18(6-4-17)28-23(30)16(12-27)9-15-10-20(25)22(21(26)11-15)33-13-14-1-7-19(8-2-14)29(31)32/h1-11H,13H2,(H,28,30)/b16-9-. The molecular formula is C23H14Br3N3O4. The van der Waals surface area contributed by atoms with E-state index in [0.29, 0.717) is 25.9 Å². The number of nitrogens with zero attached hydrogens (tertiary/aromatic N) is 2. The second kappa shape index (κ2) is 11.2. The molecule has 1 amide bonds. The van der Waals surface area contributed by atoms with Crippen LogP contribution in [0.25, 0.3) is 6.08 Å². The number of carbonyl (C=O) groups excluding carboxylic acids is 1. The van der Waals surface area contributed by atoms with Gasteiger partial charge in [0.2, 0.25) is 0 Å². The number of anilines is 1. The lowest BCUT2D eigenvalue weighted by atomic mass is 10.1. The van der Waals surface area contributed by atoms with E-state index in [1.807, 2.05) is 6.07 Å². The summed E-state index contributed by atoms with van der Waals surface area (Å²) in [6.45, 7) is 0.198. The summed E-state index contributed by atoms with van der Waals surface area (Å²) in [6.07, 6.45) is 1.48. The first-order valence-corrected chi connectivity index (χ1v) is 11.7. The Morgan fingerprint density at radius 3 is 2.21 bits per heavy atom. The number of hydrogen-bond donors (Lipinski definition) is 1. The Kier molecular flexibility index (Phi) is 8.38. The zero-order valence-corrected chi connectivity index (χ0v) is 21.5. The van der Waals surface area contributed by atoms with Crippen LogP contribution in [-0.2, 0) is 11.4 Å². The average molecular weight is 636 g/mol. The average Bonchev–Trinajstić information content (AvgIpc) is 2.78. The second-order valence-corrected chi connectivity index (χ2v) is 9.28. The molecule has 0 unspecified atom stereocenters. The van der Waals surface area contributed by atoms with Gasteiger partial charge in [0.05, 0.1) is 13.9 Å². The van der Waals surface area contributed by atoms with E-state index in [0.717, 1.165) is 10.0 Å². The largest absolute Gasteiger partial charge is 0.487 e. The van der Waals surface area contributed by atoms with Crippen LogP contribution in [0.15, 0.2) is 79.7 Å². The number of nitrogens with one attached hydrogen (secondary N) is 1. The van der Waals surface area contributed by atoms with Crippen molar-refractivity contribution in [3.63, 3.8) is 0 Å². The van der Waals surface area contributed by atoms with Gasteiger partial charge in [0.15, 0.2) is 0 Å². The summed E-state index contributed by atoms with van der Waals surface area (Å²) in [4.78, 5) is 22.8. The number of halogens is 3. The minimum Gasteiger partial charge on any atom is -0.487 e. The van der Waals surface area contributed by atoms with Crippen LogP contribution in [0.3, 0.4) is 0 Å². The highest BCUT2D eigenvalue weighted by Gasteiger charge is 2.13. The molecule has 0 spiro atoms. The highest BCUT2D eigenvalue weighted by Crippen LogP contribution is 2.36. The Morgan fingerprint density at radius 1 is 1.06 bits per heavy atom. The molecule has 3 aromatic rings. The molecule has 0 aliphatic carbocycles. The van der Waals surface area contributed by atoms with Gasteiger partial charge in [0.1, 0.15) is 24.0 Å². The van der Waals surface area contributed by atoms with Gasteiger partial charge in [-0.3, -0.25) is 14.9 Å². The fraction of sp³-hybridized carbons (Fsp3) is 0.0435. The Labute approximate surface area is 214 Å². The Morgan fingerprint density at radius 2 is 1.67 bits per heavy atom. The summed E-state index contributed by atoms with van der Waals surface area (Å²) in [5.41, 5.74) is 1.89. The summed E-state index contributed by atoms with van der Waals surface area (Å²) < 4.78 is 7.94. The number of nitriles is 1. The van der Waals surface area contributed by atoms with Gasteiger partial charge in [-0.25, -0.2) is 0 Å². The molecule has 0 saturated carbocycles. The third kappa shape index (κ3) is 6.74. The molecule has 3 rings (SSSR count). The van der Waals surface area contributed by atoms with Crippen molar-refractivity contribution in [2.75, 3.05) is 5.32 Å². The molecule has 3 aromatic carbocycles. The van der Waals surface area contributed by atoms with Crippen LogP contribution >= 0.6 is 47.8 Å². The van der Waals surface area contributed by atoms with E-state index in [2.05, 4.69) is 53.1 Å². The fourth-order valence-corrected chi connectivity index (χ4v) is 4.43. The molecule has 0 atom stereocenters. The zero-order valence-electron chi connectivity index (χ0n) is 16.7. The number of carbonyl (C=O) groups is 1. The van der Waals surface area contributed by atoms with Crippen LogP contribution in [0.1, 0.15) is 11.1 Å². The maximum atomic E-state index is 12.5. The fourth-order valence-electron chi connectivity index (χ4n) is 2.72. The lowest BCUT2D eigenvalue weighted by Crippen LogP contribution is -2.13. The summed E-state index contributed by atoms with van der Waals surface area (Å²) in [6, 6.07) is 18.5. The molecule has 1 N–H and O–H groups in total. The molecular weight excluding hydrogens is 622 g/mol. The first kappa shape index (κ1) is 24.6. The number of ether oxygens (including phenoxy) is 1. The molecule has 0 aromatic heterocycles. The molecule has 0 aliphatic heterocycles. The predicted molar refractivity (Wildman–Crippen MR) is 136 cm³/mol. The maximum absolute atomic E-state index is 12.5. The minimum absolute atomic E-state index is 0.00900. The Bertz CT molecular complexity index is 1240. The summed E-state index contributed by atoms with van der Waals surface area (Å²) in [5.74, 6) is -0.00566. The van der Waals surface area contributed by atoms with Crippen molar-refractivity contribution in [3.05, 3.63) is 101 Å². The third-order valence-electron chi connectivity index (χ3n) is 4.33. The SMILES string of the molecule is N#C/C(=C/c1cc(Br)c(OCc2ccc([N+](=O)[O-])cc2)c(Br)c1)C(=O)Nc1ccc(Br)cc1. The monoisotopic (exact) mass is 633 g/mol. The van der Waals surface area contributed by atoms with Gasteiger partial charge in [0, 0.05) is 22.3 Å². The molecule has 33 heavy (non-hydrogen) atoms. The maximum Gasteiger partial charge on any atom is 0.269 e. The minimum atomic E-state index is -0.523. The van der Waals surface area contributed by atoms with Gasteiger partial charge >= 0.3 is 0 Å². The second-order valence-electron chi connectivity index (χ2n) is 6.66. The van der Waals surface area contributed by atoms with Gasteiger partial charge in [0.25, 0.3) is 11.6 Å². The normalized spacial score (nSPS) is 10.9. The van der Waals surface area contributed by atoms with E-state index in [-0.39, 0.29) is 17.9 Å². The van der Waals surface area contributed by atoms with Crippen LogP contribution in [0, 0.1) is 21.4 Å². The number of rotatable bonds is 7. The van der Waals surface area contributed by atoms with Crippen LogP contribution in [0.2, 0.25) is 0 Å². The highest BCUT2D eigenvalue weighted by molar-refractivity contribution is 9.11. The smallest absolute Gasteiger partial charge is 0.269 e. The van der Waals surface area contributed by atoms with Crippen LogP contribution in [-0.4, -0.2) is 10.8 Å². The topological polar surface area (TPSA) is 105 Å². The molecule has 7 nitrogen and oxygen atoms in total. The first-order valence-electron chi connectivity index (χ1n) is 9.30. The number of non-ortho nitro benzene ring substituents is 1. The van der Waals surface area contributed by atoms with Crippen molar-refractivity contribution in [2.45, 2.75) is 6.61 Å². The van der Waals surface area contributed by atoms with Crippen molar-refractivity contribution >= 4 is 71.1 Å². The van der Waals surface area contributed by atoms with Crippen LogP contribution in [0.5, 0.6) is 5.75 Å². The summed E-state index contributed by atoms with van der Waals surface area (Å²) >= 11 is 10.2. The van der Waals surface area contributed by atoms with Crippen molar-refractivity contribution in [2.24, 2.45) is 0 Å². The van der Waals surface area contributed by atoms with Crippen molar-refractivity contribution in [1.82, 2.24) is 0 Å². The number of hydrogen-bond acceptors (Lipinski definition) is 5. The quantitative estimate of drug-likeness (QED) is 0.130. The van der Waals surface area contributed by atoms with E-state index in [9.17, 15) is 20.2 Å². The van der Waals surface area contributed by atoms with Gasteiger partial charge in [-0.05, 0) is 97.6 Å². The molecule has 0 heterocycles. The van der Waals surface area contributed by atoms with E-state index >= 15 is 0 Å². The van der Waals surface area contributed by atoms with Crippen molar-refractivity contribution in [3.8, 4) is 11.8 Å². The van der Waals surface area contributed by atoms with E-state index < -0.39 is 10.8 Å².